The average molecular weight is 242 g/mol. The second-order valence-electron chi connectivity index (χ2n) is 5.50. The molecule has 0 aromatic heterocycles. The van der Waals surface area contributed by atoms with Gasteiger partial charge in [0.25, 0.3) is 0 Å². The summed E-state index contributed by atoms with van der Waals surface area (Å²) >= 11 is 0. The van der Waals surface area contributed by atoms with E-state index < -0.39 is 0 Å². The third-order valence-electron chi connectivity index (χ3n) is 3.06. The van der Waals surface area contributed by atoms with E-state index in [1.165, 1.54) is 29.6 Å². The lowest BCUT2D eigenvalue weighted by atomic mass is 9.97. The molecule has 0 N–H and O–H groups in total. The van der Waals surface area contributed by atoms with E-state index >= 15 is 0 Å². The Balaban J connectivity index is 2.42. The zero-order valence-electron chi connectivity index (χ0n) is 12.2. The van der Waals surface area contributed by atoms with Gasteiger partial charge in [0.2, 0.25) is 0 Å². The van der Waals surface area contributed by atoms with E-state index in [4.69, 9.17) is 0 Å². The number of allylic oxidation sites excluding steroid dienone is 4. The lowest BCUT2D eigenvalue weighted by Gasteiger charge is -2.08. The average Bonchev–Trinajstić information content (AvgIpc) is 2.29. The Kier molecular flexibility index (Phi) is 6.49. The number of hydrogen-bond donors (Lipinski definition) is 0. The molecule has 0 fully saturated rings. The van der Waals surface area contributed by atoms with Gasteiger partial charge in [-0.05, 0) is 51.5 Å². The van der Waals surface area contributed by atoms with Gasteiger partial charge in [-0.25, -0.2) is 0 Å². The van der Waals surface area contributed by atoms with E-state index in [-0.39, 0.29) is 0 Å². The van der Waals surface area contributed by atoms with E-state index in [1.54, 1.807) is 0 Å². The van der Waals surface area contributed by atoms with E-state index in [2.05, 4.69) is 70.2 Å². The van der Waals surface area contributed by atoms with Crippen molar-refractivity contribution >= 4 is 0 Å². The molecule has 0 spiro atoms. The van der Waals surface area contributed by atoms with Crippen molar-refractivity contribution in [3.05, 3.63) is 59.2 Å². The van der Waals surface area contributed by atoms with Crippen molar-refractivity contribution in [1.29, 1.82) is 0 Å². The van der Waals surface area contributed by atoms with E-state index in [0.717, 1.165) is 6.42 Å². The summed E-state index contributed by atoms with van der Waals surface area (Å²) < 4.78 is 0. The van der Waals surface area contributed by atoms with Crippen LogP contribution in [0.25, 0.3) is 0 Å². The zero-order valence-corrected chi connectivity index (χ0v) is 12.2. The normalized spacial score (nSPS) is 13.2. The zero-order chi connectivity index (χ0) is 13.4. The summed E-state index contributed by atoms with van der Waals surface area (Å²) in [6, 6.07) is 10.7. The van der Waals surface area contributed by atoms with Crippen LogP contribution in [-0.4, -0.2) is 0 Å². The van der Waals surface area contributed by atoms with Crippen molar-refractivity contribution in [3.63, 3.8) is 0 Å². The molecule has 0 heterocycles. The Bertz CT molecular complexity index is 391. The van der Waals surface area contributed by atoms with Crippen LogP contribution in [0.2, 0.25) is 0 Å². The lowest BCUT2D eigenvalue weighted by molar-refractivity contribution is 0.711. The van der Waals surface area contributed by atoms with Gasteiger partial charge in [-0.3, -0.25) is 0 Å². The van der Waals surface area contributed by atoms with E-state index in [1.807, 2.05) is 0 Å². The van der Waals surface area contributed by atoms with Crippen LogP contribution in [0.3, 0.4) is 0 Å². The molecule has 1 atom stereocenters. The summed E-state index contributed by atoms with van der Waals surface area (Å²) in [5, 5.41) is 0. The van der Waals surface area contributed by atoms with E-state index in [9.17, 15) is 0 Å². The highest BCUT2D eigenvalue weighted by molar-refractivity contribution is 5.16. The predicted octanol–water partition coefficient (Wildman–Crippen LogP) is 5.56. The topological polar surface area (TPSA) is 0 Å². The van der Waals surface area contributed by atoms with Crippen LogP contribution in [0.5, 0.6) is 0 Å². The molecule has 0 nitrogen and oxygen atoms in total. The van der Waals surface area contributed by atoms with Crippen molar-refractivity contribution in [2.24, 2.45) is 5.92 Å². The first-order valence-electron chi connectivity index (χ1n) is 6.92. The molecule has 98 valence electrons. The molecule has 18 heavy (non-hydrogen) atoms. The molecule has 0 bridgehead atoms. The molecular formula is C18H26. The van der Waals surface area contributed by atoms with Gasteiger partial charge in [0, 0.05) is 0 Å². The molecule has 0 aliphatic heterocycles. The molecule has 0 amide bonds. The summed E-state index contributed by atoms with van der Waals surface area (Å²) in [4.78, 5) is 0. The molecule has 0 saturated heterocycles. The minimum absolute atomic E-state index is 0.624. The Labute approximate surface area is 112 Å². The second-order valence-corrected chi connectivity index (χ2v) is 5.50. The molecule has 1 unspecified atom stereocenters. The Morgan fingerprint density at radius 3 is 2.39 bits per heavy atom. The SMILES string of the molecule is CC(C)=CCC/C(C)=C/C(C)Cc1ccccc1. The van der Waals surface area contributed by atoms with Crippen molar-refractivity contribution in [2.75, 3.05) is 0 Å². The third-order valence-corrected chi connectivity index (χ3v) is 3.06. The molecule has 1 aromatic rings. The van der Waals surface area contributed by atoms with Crippen molar-refractivity contribution in [3.8, 4) is 0 Å². The summed E-state index contributed by atoms with van der Waals surface area (Å²) in [5.74, 6) is 0.624. The molecular weight excluding hydrogens is 216 g/mol. The molecule has 0 radical (unpaired) electrons. The van der Waals surface area contributed by atoms with Crippen LogP contribution in [-0.2, 0) is 6.42 Å². The van der Waals surface area contributed by atoms with Crippen LogP contribution in [0, 0.1) is 5.92 Å². The highest BCUT2D eigenvalue weighted by Crippen LogP contribution is 2.14. The number of benzene rings is 1. The van der Waals surface area contributed by atoms with Gasteiger partial charge in [-0.1, -0.05) is 60.6 Å². The lowest BCUT2D eigenvalue weighted by Crippen LogP contribution is -1.97. The van der Waals surface area contributed by atoms with Gasteiger partial charge in [0.05, 0.1) is 0 Å². The van der Waals surface area contributed by atoms with Crippen molar-refractivity contribution in [2.45, 2.75) is 47.0 Å². The summed E-state index contributed by atoms with van der Waals surface area (Å²) in [7, 11) is 0. The predicted molar refractivity (Wildman–Crippen MR) is 81.7 cm³/mol. The van der Waals surface area contributed by atoms with Crippen LogP contribution in [0.1, 0.15) is 46.1 Å². The summed E-state index contributed by atoms with van der Waals surface area (Å²) in [6.07, 6.45) is 8.24. The fraction of sp³-hybridized carbons (Fsp3) is 0.444. The second kappa shape index (κ2) is 7.92. The maximum atomic E-state index is 2.42. The van der Waals surface area contributed by atoms with Crippen LogP contribution < -0.4 is 0 Å². The van der Waals surface area contributed by atoms with Crippen LogP contribution >= 0.6 is 0 Å². The fourth-order valence-electron chi connectivity index (χ4n) is 2.20. The standard InChI is InChI=1S/C18H26/c1-15(2)9-8-10-16(3)13-17(4)14-18-11-6-5-7-12-18/h5-7,9,11-13,17H,8,10,14H2,1-4H3/b16-13+. The molecule has 0 aliphatic carbocycles. The maximum Gasteiger partial charge on any atom is -0.0218 e. The van der Waals surface area contributed by atoms with Gasteiger partial charge in [-0.15, -0.1) is 0 Å². The van der Waals surface area contributed by atoms with Gasteiger partial charge in [-0.2, -0.15) is 0 Å². The largest absolute Gasteiger partial charge is 0.0856 e. The minimum Gasteiger partial charge on any atom is -0.0856 e. The fourth-order valence-corrected chi connectivity index (χ4v) is 2.20. The maximum absolute atomic E-state index is 2.42. The Morgan fingerprint density at radius 2 is 1.78 bits per heavy atom. The van der Waals surface area contributed by atoms with Crippen LogP contribution in [0.4, 0.5) is 0 Å². The van der Waals surface area contributed by atoms with Crippen molar-refractivity contribution in [1.82, 2.24) is 0 Å². The first kappa shape index (κ1) is 14.8. The molecule has 1 aromatic carbocycles. The quantitative estimate of drug-likeness (QED) is 0.573. The van der Waals surface area contributed by atoms with Gasteiger partial charge in [0.15, 0.2) is 0 Å². The molecule has 0 saturated carbocycles. The number of rotatable bonds is 6. The van der Waals surface area contributed by atoms with E-state index in [0.29, 0.717) is 5.92 Å². The molecule has 0 aliphatic rings. The third kappa shape index (κ3) is 6.44. The Morgan fingerprint density at radius 1 is 1.11 bits per heavy atom. The van der Waals surface area contributed by atoms with Gasteiger partial charge in [0.1, 0.15) is 0 Å². The molecule has 0 heteroatoms. The summed E-state index contributed by atoms with van der Waals surface area (Å²) in [5.41, 5.74) is 4.36. The van der Waals surface area contributed by atoms with Crippen molar-refractivity contribution < 1.29 is 0 Å². The summed E-state index contributed by atoms with van der Waals surface area (Å²) in [6.45, 7) is 8.88. The van der Waals surface area contributed by atoms with Crippen LogP contribution in [0.15, 0.2) is 53.6 Å². The monoisotopic (exact) mass is 242 g/mol. The highest BCUT2D eigenvalue weighted by atomic mass is 14.1. The first-order valence-corrected chi connectivity index (χ1v) is 6.92. The highest BCUT2D eigenvalue weighted by Gasteiger charge is 2.00. The smallest absolute Gasteiger partial charge is 0.0218 e. The van der Waals surface area contributed by atoms with Gasteiger partial charge >= 0.3 is 0 Å². The minimum atomic E-state index is 0.624. The Hall–Kier alpha value is -1.30. The molecule has 1 rings (SSSR count). The number of hydrogen-bond acceptors (Lipinski definition) is 0. The first-order chi connectivity index (χ1) is 8.58. The van der Waals surface area contributed by atoms with Gasteiger partial charge < -0.3 is 0 Å².